The van der Waals surface area contributed by atoms with E-state index in [0.29, 0.717) is 11.5 Å². The Balaban J connectivity index is 1.55. The number of hydrogen-bond acceptors (Lipinski definition) is 7. The third-order valence-electron chi connectivity index (χ3n) is 6.39. The molecule has 0 saturated heterocycles. The minimum absolute atomic E-state index is 0.270. The van der Waals surface area contributed by atoms with Crippen molar-refractivity contribution in [2.45, 2.75) is 12.1 Å². The Bertz CT molecular complexity index is 1440. The van der Waals surface area contributed by atoms with Gasteiger partial charge >= 0.3 is 5.97 Å². The first-order valence-corrected chi connectivity index (χ1v) is 11.2. The highest BCUT2D eigenvalue weighted by Crippen LogP contribution is 2.50. The Morgan fingerprint density at radius 1 is 0.971 bits per heavy atom. The number of hydrogen-bond donors (Lipinski definition) is 1. The number of esters is 1. The van der Waals surface area contributed by atoms with Crippen molar-refractivity contribution in [2.75, 3.05) is 19.5 Å². The summed E-state index contributed by atoms with van der Waals surface area (Å²) in [6.07, 6.45) is 1.12. The van der Waals surface area contributed by atoms with Gasteiger partial charge in [0, 0.05) is 11.1 Å². The molecule has 3 heterocycles. The van der Waals surface area contributed by atoms with E-state index in [1.807, 2.05) is 65.3 Å². The number of nitrogens with one attached hydrogen (secondary N) is 1. The van der Waals surface area contributed by atoms with Crippen LogP contribution in [0.4, 0.5) is 5.95 Å². The van der Waals surface area contributed by atoms with Crippen LogP contribution in [0.25, 0.3) is 5.70 Å². The van der Waals surface area contributed by atoms with Crippen molar-refractivity contribution in [3.05, 3.63) is 107 Å². The maximum Gasteiger partial charge on any atom is 0.337 e. The molecule has 3 aromatic carbocycles. The van der Waals surface area contributed by atoms with Gasteiger partial charge in [0.25, 0.3) is 0 Å². The van der Waals surface area contributed by atoms with Crippen molar-refractivity contribution >= 4 is 17.6 Å². The molecule has 0 spiro atoms. The zero-order valence-corrected chi connectivity index (χ0v) is 19.1. The fraction of sp³-hybridized carbons (Fsp3) is 0.148. The average Bonchev–Trinajstić information content (AvgIpc) is 3.39. The molecule has 2 aliphatic heterocycles. The van der Waals surface area contributed by atoms with Crippen LogP contribution in [0.2, 0.25) is 0 Å². The second kappa shape index (κ2) is 8.32. The summed E-state index contributed by atoms with van der Waals surface area (Å²) in [7, 11) is 3.02. The second-order valence-electron chi connectivity index (χ2n) is 8.27. The van der Waals surface area contributed by atoms with Crippen LogP contribution in [0.1, 0.15) is 39.2 Å². The number of rotatable bonds is 4. The summed E-state index contributed by atoms with van der Waals surface area (Å²) in [5.74, 6) is 1.81. The van der Waals surface area contributed by atoms with Crippen LogP contribution in [-0.4, -0.2) is 35.0 Å². The Morgan fingerprint density at radius 2 is 1.71 bits per heavy atom. The molecule has 0 fully saturated rings. The standard InChI is InChI=1S/C27H22N4O4/c1-33-19-13-11-16(12-14-19)24-22-23(30-27-28-15-29-31(24)27)20-5-3-4-6-21(20)35-25(22)17-7-9-18(10-8-17)26(32)34-2/h3-15,24-25H,1-2H3,(H,28,29,30)/t24-,25-/m1/s1. The van der Waals surface area contributed by atoms with Crippen molar-refractivity contribution in [3.63, 3.8) is 0 Å². The predicted molar refractivity (Wildman–Crippen MR) is 129 cm³/mol. The van der Waals surface area contributed by atoms with Gasteiger partial charge in [0.2, 0.25) is 5.95 Å². The highest BCUT2D eigenvalue weighted by molar-refractivity contribution is 5.89. The zero-order valence-electron chi connectivity index (χ0n) is 19.1. The maximum atomic E-state index is 12.0. The fourth-order valence-corrected chi connectivity index (χ4v) is 4.71. The normalized spacial score (nSPS) is 17.9. The first-order valence-electron chi connectivity index (χ1n) is 11.2. The molecule has 6 rings (SSSR count). The Labute approximate surface area is 201 Å². The van der Waals surface area contributed by atoms with Gasteiger partial charge in [-0.1, -0.05) is 36.4 Å². The second-order valence-corrected chi connectivity index (χ2v) is 8.27. The molecule has 0 unspecified atom stereocenters. The van der Waals surface area contributed by atoms with Crippen molar-refractivity contribution in [1.29, 1.82) is 0 Å². The molecule has 0 radical (unpaired) electrons. The van der Waals surface area contributed by atoms with Gasteiger partial charge in [0.15, 0.2) is 0 Å². The number of anilines is 1. The summed E-state index contributed by atoms with van der Waals surface area (Å²) in [4.78, 5) is 16.4. The van der Waals surface area contributed by atoms with E-state index >= 15 is 0 Å². The number of para-hydroxylation sites is 1. The zero-order chi connectivity index (χ0) is 23.9. The van der Waals surface area contributed by atoms with Crippen LogP contribution in [0, 0.1) is 0 Å². The predicted octanol–water partition coefficient (Wildman–Crippen LogP) is 4.63. The van der Waals surface area contributed by atoms with E-state index in [1.54, 1.807) is 25.6 Å². The summed E-state index contributed by atoms with van der Waals surface area (Å²) in [6, 6.07) is 22.9. The van der Waals surface area contributed by atoms with E-state index < -0.39 is 6.10 Å². The molecule has 0 amide bonds. The van der Waals surface area contributed by atoms with E-state index in [9.17, 15) is 4.79 Å². The van der Waals surface area contributed by atoms with Crippen molar-refractivity contribution in [3.8, 4) is 11.5 Å². The highest BCUT2D eigenvalue weighted by Gasteiger charge is 2.40. The summed E-state index contributed by atoms with van der Waals surface area (Å²) in [6.45, 7) is 0. The lowest BCUT2D eigenvalue weighted by Gasteiger charge is -2.39. The van der Waals surface area contributed by atoms with E-state index in [4.69, 9.17) is 14.2 Å². The van der Waals surface area contributed by atoms with E-state index in [1.165, 1.54) is 7.11 Å². The largest absolute Gasteiger partial charge is 0.497 e. The minimum Gasteiger partial charge on any atom is -0.497 e. The van der Waals surface area contributed by atoms with Crippen molar-refractivity contribution in [1.82, 2.24) is 14.8 Å². The topological polar surface area (TPSA) is 87.5 Å². The number of fused-ring (bicyclic) bond motifs is 3. The van der Waals surface area contributed by atoms with E-state index in [2.05, 4.69) is 15.4 Å². The van der Waals surface area contributed by atoms with Gasteiger partial charge in [-0.3, -0.25) is 0 Å². The number of ether oxygens (including phenoxy) is 3. The monoisotopic (exact) mass is 466 g/mol. The van der Waals surface area contributed by atoms with Gasteiger partial charge in [-0.25, -0.2) is 9.48 Å². The molecule has 0 bridgehead atoms. The highest BCUT2D eigenvalue weighted by atomic mass is 16.5. The smallest absolute Gasteiger partial charge is 0.337 e. The van der Waals surface area contributed by atoms with Gasteiger partial charge in [-0.2, -0.15) is 10.1 Å². The molecule has 2 aliphatic rings. The molecule has 8 heteroatoms. The summed E-state index contributed by atoms with van der Waals surface area (Å²) < 4.78 is 18.7. The number of carbonyl (C=O) groups is 1. The number of methoxy groups -OCH3 is 2. The lowest BCUT2D eigenvalue weighted by atomic mass is 9.84. The molecule has 1 aromatic heterocycles. The minimum atomic E-state index is -0.427. The van der Waals surface area contributed by atoms with Crippen LogP contribution < -0.4 is 14.8 Å². The van der Waals surface area contributed by atoms with Gasteiger partial charge in [-0.15, -0.1) is 0 Å². The lowest BCUT2D eigenvalue weighted by molar-refractivity contribution is 0.0600. The van der Waals surface area contributed by atoms with Crippen molar-refractivity contribution < 1.29 is 19.0 Å². The van der Waals surface area contributed by atoms with Gasteiger partial charge in [0.1, 0.15) is 30.0 Å². The van der Waals surface area contributed by atoms with Crippen LogP contribution >= 0.6 is 0 Å². The molecule has 8 nitrogen and oxygen atoms in total. The van der Waals surface area contributed by atoms with Crippen LogP contribution in [-0.2, 0) is 4.74 Å². The average molecular weight is 466 g/mol. The Hall–Kier alpha value is -4.59. The first kappa shape index (κ1) is 21.0. The van der Waals surface area contributed by atoms with Crippen molar-refractivity contribution in [2.24, 2.45) is 0 Å². The molecule has 0 aliphatic carbocycles. The van der Waals surface area contributed by atoms with E-state index in [0.717, 1.165) is 39.5 Å². The first-order chi connectivity index (χ1) is 17.2. The summed E-state index contributed by atoms with van der Waals surface area (Å²) >= 11 is 0. The molecular weight excluding hydrogens is 444 g/mol. The van der Waals surface area contributed by atoms with E-state index in [-0.39, 0.29) is 12.0 Å². The number of nitrogens with zero attached hydrogens (tertiary/aromatic N) is 3. The quantitative estimate of drug-likeness (QED) is 0.439. The van der Waals surface area contributed by atoms with Crippen LogP contribution in [0.15, 0.2) is 84.7 Å². The molecule has 1 N–H and O–H groups in total. The molecule has 174 valence electrons. The Kier molecular flexibility index (Phi) is 4.99. The SMILES string of the molecule is COC(=O)c1ccc([C@H]2Oc3ccccc3C3=C2[C@@H](c2ccc(OC)cc2)n2ncnc2N3)cc1. The van der Waals surface area contributed by atoms with Gasteiger partial charge in [-0.05, 0) is 47.5 Å². The third-order valence-corrected chi connectivity index (χ3v) is 6.39. The Morgan fingerprint density at radius 3 is 2.46 bits per heavy atom. The summed E-state index contributed by atoms with van der Waals surface area (Å²) in [5, 5.41) is 8.03. The van der Waals surface area contributed by atoms with Crippen LogP contribution in [0.3, 0.4) is 0 Å². The molecular formula is C27H22N4O4. The lowest BCUT2D eigenvalue weighted by Crippen LogP contribution is -2.32. The maximum absolute atomic E-state index is 12.0. The fourth-order valence-electron chi connectivity index (χ4n) is 4.71. The van der Waals surface area contributed by atoms with Gasteiger partial charge in [0.05, 0.1) is 25.5 Å². The number of aromatic nitrogens is 3. The number of carbonyl (C=O) groups excluding carboxylic acids is 1. The molecule has 2 atom stereocenters. The third kappa shape index (κ3) is 3.42. The molecule has 35 heavy (non-hydrogen) atoms. The van der Waals surface area contributed by atoms with Crippen LogP contribution in [0.5, 0.6) is 11.5 Å². The molecule has 4 aromatic rings. The number of benzene rings is 3. The molecule has 0 saturated carbocycles. The summed E-state index contributed by atoms with van der Waals surface area (Å²) in [5.41, 5.74) is 5.30. The van der Waals surface area contributed by atoms with Gasteiger partial charge < -0.3 is 19.5 Å².